The number of halogens is 2. The van der Waals surface area contributed by atoms with Crippen molar-refractivity contribution in [1.29, 1.82) is 0 Å². The monoisotopic (exact) mass is 555 g/mol. The molecule has 2 amide bonds. The molecule has 0 unspecified atom stereocenters. The molecule has 2 heterocycles. The van der Waals surface area contributed by atoms with Crippen molar-refractivity contribution in [2.75, 3.05) is 55.3 Å². The van der Waals surface area contributed by atoms with Crippen LogP contribution in [-0.4, -0.2) is 55.3 Å². The first-order valence-corrected chi connectivity index (χ1v) is 13.0. The van der Waals surface area contributed by atoms with Crippen LogP contribution in [0.2, 0.25) is 10.0 Å². The lowest BCUT2D eigenvalue weighted by Gasteiger charge is -2.26. The summed E-state index contributed by atoms with van der Waals surface area (Å²) in [4.78, 5) is 19.1. The van der Waals surface area contributed by atoms with E-state index in [1.165, 1.54) is 0 Å². The molecule has 1 fully saturated rings. The van der Waals surface area contributed by atoms with Gasteiger partial charge in [0, 0.05) is 43.6 Å². The molecule has 0 radical (unpaired) electrons. The Labute approximate surface area is 230 Å². The summed E-state index contributed by atoms with van der Waals surface area (Å²) in [6.07, 6.45) is 0. The van der Waals surface area contributed by atoms with Gasteiger partial charge in [0.25, 0.3) is 6.01 Å². The van der Waals surface area contributed by atoms with E-state index >= 15 is 0 Å². The molecule has 1 aliphatic heterocycles. The van der Waals surface area contributed by atoms with E-state index in [1.54, 1.807) is 18.2 Å². The minimum absolute atomic E-state index is 0.361. The number of nitrogens with one attached hydrogen (secondary N) is 3. The Morgan fingerprint density at radius 1 is 0.947 bits per heavy atom. The molecule has 38 heavy (non-hydrogen) atoms. The van der Waals surface area contributed by atoms with Gasteiger partial charge in [0.2, 0.25) is 0 Å². The largest absolute Gasteiger partial charge is 0.489 e. The van der Waals surface area contributed by atoms with E-state index in [0.29, 0.717) is 45.4 Å². The Bertz CT molecular complexity index is 1390. The number of fused-ring (bicyclic) bond motifs is 1. The van der Waals surface area contributed by atoms with Crippen molar-refractivity contribution in [1.82, 2.24) is 9.88 Å². The Balaban J connectivity index is 1.09. The molecule has 0 atom stereocenters. The summed E-state index contributed by atoms with van der Waals surface area (Å²) in [7, 11) is 0. The highest BCUT2D eigenvalue weighted by atomic mass is 35.5. The number of carbonyl (C=O) groups is 1. The van der Waals surface area contributed by atoms with Crippen LogP contribution in [0.25, 0.3) is 11.1 Å². The molecule has 0 saturated carbocycles. The Hall–Kier alpha value is -3.50. The SMILES string of the molecule is O=C(Nc1ccc(COc2ccc3nc(NCCN4CCOCC4)oc3c2)cc1)Nc1ccc(Cl)c(Cl)c1. The van der Waals surface area contributed by atoms with Gasteiger partial charge in [0.15, 0.2) is 5.58 Å². The van der Waals surface area contributed by atoms with E-state index < -0.39 is 0 Å². The molecule has 1 aliphatic rings. The number of morpholine rings is 1. The fourth-order valence-electron chi connectivity index (χ4n) is 3.93. The molecule has 3 aromatic carbocycles. The first kappa shape index (κ1) is 26.1. The van der Waals surface area contributed by atoms with Crippen molar-refractivity contribution in [3.63, 3.8) is 0 Å². The van der Waals surface area contributed by atoms with Crippen LogP contribution in [0.1, 0.15) is 5.56 Å². The molecule has 0 aliphatic carbocycles. The Morgan fingerprint density at radius 3 is 2.50 bits per heavy atom. The number of hydrogen-bond donors (Lipinski definition) is 3. The molecule has 0 spiro atoms. The van der Waals surface area contributed by atoms with Gasteiger partial charge in [-0.15, -0.1) is 0 Å². The fraction of sp³-hybridized carbons (Fsp3) is 0.259. The number of amides is 2. The maximum Gasteiger partial charge on any atom is 0.323 e. The zero-order valence-corrected chi connectivity index (χ0v) is 22.0. The van der Waals surface area contributed by atoms with E-state index in [4.69, 9.17) is 37.1 Å². The van der Waals surface area contributed by atoms with E-state index in [9.17, 15) is 4.79 Å². The molecule has 198 valence electrons. The van der Waals surface area contributed by atoms with Gasteiger partial charge in [-0.3, -0.25) is 4.90 Å². The first-order chi connectivity index (χ1) is 18.5. The lowest BCUT2D eigenvalue weighted by molar-refractivity contribution is 0.0398. The minimum Gasteiger partial charge on any atom is -0.489 e. The van der Waals surface area contributed by atoms with E-state index in [-0.39, 0.29) is 6.03 Å². The van der Waals surface area contributed by atoms with Gasteiger partial charge in [0.05, 0.1) is 23.3 Å². The van der Waals surface area contributed by atoms with E-state index in [0.717, 1.165) is 50.5 Å². The Morgan fingerprint density at radius 2 is 1.71 bits per heavy atom. The zero-order valence-electron chi connectivity index (χ0n) is 20.5. The second-order valence-electron chi connectivity index (χ2n) is 8.72. The number of urea groups is 1. The van der Waals surface area contributed by atoms with Gasteiger partial charge in [-0.25, -0.2) is 4.79 Å². The lowest BCUT2D eigenvalue weighted by atomic mass is 10.2. The number of rotatable bonds is 9. The van der Waals surface area contributed by atoms with Crippen molar-refractivity contribution >= 4 is 57.7 Å². The molecule has 3 N–H and O–H groups in total. The minimum atomic E-state index is -0.386. The number of benzene rings is 3. The third kappa shape index (κ3) is 7.08. The topological polar surface area (TPSA) is 101 Å². The highest BCUT2D eigenvalue weighted by Gasteiger charge is 2.11. The quantitative estimate of drug-likeness (QED) is 0.229. The summed E-state index contributed by atoms with van der Waals surface area (Å²) in [6, 6.07) is 18.0. The van der Waals surface area contributed by atoms with Crippen molar-refractivity contribution < 1.29 is 18.7 Å². The number of hydrogen-bond acceptors (Lipinski definition) is 7. The van der Waals surface area contributed by atoms with Crippen LogP contribution in [0, 0.1) is 0 Å². The summed E-state index contributed by atoms with van der Waals surface area (Å²) < 4.78 is 17.2. The zero-order chi connectivity index (χ0) is 26.3. The van der Waals surface area contributed by atoms with Crippen LogP contribution in [0.5, 0.6) is 5.75 Å². The maximum atomic E-state index is 12.3. The Kier molecular flexibility index (Phi) is 8.50. The number of aromatic nitrogens is 1. The third-order valence-corrected chi connectivity index (χ3v) is 6.70. The molecule has 11 heteroatoms. The molecule has 4 aromatic rings. The summed E-state index contributed by atoms with van der Waals surface area (Å²) in [5.41, 5.74) is 3.55. The predicted octanol–water partition coefficient (Wildman–Crippen LogP) is 6.10. The van der Waals surface area contributed by atoms with Gasteiger partial charge in [-0.1, -0.05) is 35.3 Å². The fourth-order valence-corrected chi connectivity index (χ4v) is 4.23. The number of ether oxygens (including phenoxy) is 2. The second kappa shape index (κ2) is 12.4. The summed E-state index contributed by atoms with van der Waals surface area (Å²) in [6.45, 7) is 5.48. The van der Waals surface area contributed by atoms with Crippen LogP contribution < -0.4 is 20.7 Å². The van der Waals surface area contributed by atoms with Crippen LogP contribution >= 0.6 is 23.2 Å². The van der Waals surface area contributed by atoms with E-state index in [2.05, 4.69) is 25.8 Å². The number of anilines is 3. The molecule has 9 nitrogen and oxygen atoms in total. The summed E-state index contributed by atoms with van der Waals surface area (Å²) >= 11 is 11.9. The van der Waals surface area contributed by atoms with Gasteiger partial charge in [0.1, 0.15) is 17.9 Å². The number of carbonyl (C=O) groups excluding carboxylic acids is 1. The van der Waals surface area contributed by atoms with Gasteiger partial charge in [-0.2, -0.15) is 4.98 Å². The maximum absolute atomic E-state index is 12.3. The number of oxazole rings is 1. The molecular formula is C27H27Cl2N5O4. The average Bonchev–Trinajstić information content (AvgIpc) is 3.33. The first-order valence-electron chi connectivity index (χ1n) is 12.2. The van der Waals surface area contributed by atoms with Gasteiger partial charge < -0.3 is 29.8 Å². The highest BCUT2D eigenvalue weighted by molar-refractivity contribution is 6.42. The van der Waals surface area contributed by atoms with Gasteiger partial charge in [-0.05, 0) is 48.0 Å². The van der Waals surface area contributed by atoms with Crippen molar-refractivity contribution in [2.24, 2.45) is 0 Å². The summed E-state index contributed by atoms with van der Waals surface area (Å²) in [5.74, 6) is 0.678. The van der Waals surface area contributed by atoms with Crippen molar-refractivity contribution in [2.45, 2.75) is 6.61 Å². The molecule has 5 rings (SSSR count). The van der Waals surface area contributed by atoms with Crippen LogP contribution in [0.15, 0.2) is 65.1 Å². The second-order valence-corrected chi connectivity index (χ2v) is 9.54. The number of nitrogens with zero attached hydrogens (tertiary/aromatic N) is 2. The highest BCUT2D eigenvalue weighted by Crippen LogP contribution is 2.26. The molecule has 1 aromatic heterocycles. The van der Waals surface area contributed by atoms with Crippen LogP contribution in [-0.2, 0) is 11.3 Å². The standard InChI is InChI=1S/C27H27Cl2N5O4/c28-22-7-5-20(15-23(22)29)32-26(35)31-19-3-1-18(2-4-19)17-37-21-6-8-24-25(16-21)38-27(33-24)30-9-10-34-11-13-36-14-12-34/h1-8,15-16H,9-14,17H2,(H,30,33)(H2,31,32,35). The molecule has 0 bridgehead atoms. The van der Waals surface area contributed by atoms with E-state index in [1.807, 2.05) is 42.5 Å². The van der Waals surface area contributed by atoms with Crippen LogP contribution in [0.3, 0.4) is 0 Å². The van der Waals surface area contributed by atoms with Crippen LogP contribution in [0.4, 0.5) is 22.2 Å². The average molecular weight is 556 g/mol. The van der Waals surface area contributed by atoms with Gasteiger partial charge >= 0.3 is 6.03 Å². The normalized spacial score (nSPS) is 13.8. The lowest BCUT2D eigenvalue weighted by Crippen LogP contribution is -2.39. The van der Waals surface area contributed by atoms with Crippen molar-refractivity contribution in [3.05, 3.63) is 76.3 Å². The van der Waals surface area contributed by atoms with Crippen molar-refractivity contribution in [3.8, 4) is 5.75 Å². The smallest absolute Gasteiger partial charge is 0.323 e. The molecule has 1 saturated heterocycles. The molecular weight excluding hydrogens is 529 g/mol. The third-order valence-electron chi connectivity index (χ3n) is 5.96. The predicted molar refractivity (Wildman–Crippen MR) is 150 cm³/mol. The summed E-state index contributed by atoms with van der Waals surface area (Å²) in [5, 5.41) is 9.54.